The molecule has 0 aromatic carbocycles. The first-order valence-electron chi connectivity index (χ1n) is 28.6. The van der Waals surface area contributed by atoms with Crippen molar-refractivity contribution in [2.75, 3.05) is 99.7 Å². The van der Waals surface area contributed by atoms with E-state index >= 15 is 0 Å². The fourth-order valence-electron chi connectivity index (χ4n) is 8.89. The first-order chi connectivity index (χ1) is 32.5. The van der Waals surface area contributed by atoms with Crippen LogP contribution in [0, 0.1) is 0 Å². The Morgan fingerprint density at radius 2 is 0.676 bits per heavy atom. The van der Waals surface area contributed by atoms with Crippen LogP contribution in [0.15, 0.2) is 37.0 Å². The van der Waals surface area contributed by atoms with Crippen molar-refractivity contribution < 1.29 is 32.6 Å². The number of nitrogens with zero attached hydrogens (tertiary/aromatic N) is 3. The van der Waals surface area contributed by atoms with Crippen LogP contribution in [0.3, 0.4) is 0 Å². The molecule has 0 aliphatic carbocycles. The summed E-state index contributed by atoms with van der Waals surface area (Å²) in [5, 5.41) is 5.84. The summed E-state index contributed by atoms with van der Waals surface area (Å²) in [6.45, 7) is 41.4. The van der Waals surface area contributed by atoms with Crippen LogP contribution in [-0.4, -0.2) is 131 Å². The molecule has 0 aromatic rings. The maximum atomic E-state index is 11.8. The number of quaternary nitrogens is 3. The second-order valence-corrected chi connectivity index (χ2v) is 21.4. The largest absolute Gasteiger partial charge is 0.462 e. The molecule has 0 aliphatic rings. The summed E-state index contributed by atoms with van der Waals surface area (Å²) in [6.07, 6.45) is 36.5. The Morgan fingerprint density at radius 3 is 0.926 bits per heavy atom. The van der Waals surface area contributed by atoms with Gasteiger partial charge in [-0.15, -0.1) is 0 Å². The smallest absolute Gasteiger partial charge is 0.330 e. The Balaban J connectivity index is -0.000000993. The molecule has 0 atom stereocenters. The predicted molar refractivity (Wildman–Crippen MR) is 298 cm³/mol. The molecule has 2 N–H and O–H groups in total. The van der Waals surface area contributed by atoms with Gasteiger partial charge >= 0.3 is 5.97 Å². The molecule has 9 nitrogen and oxygen atoms in total. The van der Waals surface area contributed by atoms with Gasteiger partial charge in [-0.1, -0.05) is 138 Å². The third kappa shape index (κ3) is 45.9. The first-order valence-corrected chi connectivity index (χ1v) is 28.6. The average molecular weight is 964 g/mol. The van der Waals surface area contributed by atoms with Crippen molar-refractivity contribution in [1.82, 2.24) is 10.6 Å². The normalized spacial score (nSPS) is 11.5. The number of esters is 1. The van der Waals surface area contributed by atoms with Crippen molar-refractivity contribution >= 4 is 17.8 Å². The molecule has 2 amide bonds. The van der Waals surface area contributed by atoms with Gasteiger partial charge in [-0.2, -0.15) is 0 Å². The number of hydrogen-bond acceptors (Lipinski definition) is 4. The van der Waals surface area contributed by atoms with Crippen molar-refractivity contribution in [1.29, 1.82) is 0 Å². The molecule has 0 fully saturated rings. The van der Waals surface area contributed by atoms with Gasteiger partial charge < -0.3 is 28.8 Å². The molecule has 0 radical (unpaired) electrons. The van der Waals surface area contributed by atoms with Crippen molar-refractivity contribution in [3.63, 3.8) is 0 Å². The molecule has 0 bridgehead atoms. The van der Waals surface area contributed by atoms with Gasteiger partial charge in [0, 0.05) is 49.6 Å². The van der Waals surface area contributed by atoms with E-state index in [1.807, 2.05) is 0 Å². The zero-order valence-electron chi connectivity index (χ0n) is 47.8. The number of carbonyl (C=O) groups is 3. The van der Waals surface area contributed by atoms with Gasteiger partial charge in [0.2, 0.25) is 11.8 Å². The van der Waals surface area contributed by atoms with Crippen LogP contribution < -0.4 is 10.6 Å². The lowest BCUT2D eigenvalue weighted by atomic mass is 10.1. The number of rotatable bonds is 45. The van der Waals surface area contributed by atoms with E-state index in [4.69, 9.17) is 4.74 Å². The zero-order chi connectivity index (χ0) is 51.8. The Morgan fingerprint density at radius 1 is 0.412 bits per heavy atom. The summed E-state index contributed by atoms with van der Waals surface area (Å²) in [7, 11) is 6.42. The minimum absolute atomic E-state index is 0.00642. The van der Waals surface area contributed by atoms with Crippen molar-refractivity contribution in [2.24, 2.45) is 0 Å². The van der Waals surface area contributed by atoms with Crippen LogP contribution in [0.2, 0.25) is 0 Å². The molecular weight excluding hydrogens is 843 g/mol. The zero-order valence-corrected chi connectivity index (χ0v) is 47.8. The lowest BCUT2D eigenvalue weighted by Gasteiger charge is -2.39. The number of ether oxygens (including phenoxy) is 1. The molecule has 0 spiro atoms. The number of unbranched alkanes of at least 4 members (excludes halogenated alkanes) is 18. The fraction of sp³-hybridized carbons (Fsp3) is 0.847. The summed E-state index contributed by atoms with van der Waals surface area (Å²) >= 11 is 0. The van der Waals surface area contributed by atoms with Gasteiger partial charge in [0.15, 0.2) is 0 Å². The number of nitrogens with one attached hydrogen (secondary N) is 2. The van der Waals surface area contributed by atoms with Gasteiger partial charge in [0.1, 0.15) is 0 Å². The molecule has 0 unspecified atom stereocenters. The molecule has 402 valence electrons. The highest BCUT2D eigenvalue weighted by atomic mass is 16.5. The second kappa shape index (κ2) is 48.2. The van der Waals surface area contributed by atoms with E-state index < -0.39 is 0 Å². The molecule has 0 heterocycles. The maximum Gasteiger partial charge on any atom is 0.330 e. The highest BCUT2D eigenvalue weighted by Gasteiger charge is 2.27. The topological polar surface area (TPSA) is 84.5 Å². The molecule has 0 aromatic heterocycles. The Kier molecular flexibility index (Phi) is 49.4. The van der Waals surface area contributed by atoms with Crippen molar-refractivity contribution in [3.05, 3.63) is 37.0 Å². The van der Waals surface area contributed by atoms with Gasteiger partial charge in [0.25, 0.3) is 0 Å². The van der Waals surface area contributed by atoms with Crippen LogP contribution in [0.25, 0.3) is 0 Å². The van der Waals surface area contributed by atoms with Crippen LogP contribution in [0.4, 0.5) is 0 Å². The van der Waals surface area contributed by atoms with Crippen LogP contribution in [-0.2, 0) is 19.1 Å². The summed E-state index contributed by atoms with van der Waals surface area (Å²) < 4.78 is 8.70. The van der Waals surface area contributed by atoms with Crippen molar-refractivity contribution in [3.8, 4) is 0 Å². The van der Waals surface area contributed by atoms with E-state index in [0.717, 1.165) is 49.9 Å². The number of hydrogen-bond donors (Lipinski definition) is 2. The fourth-order valence-corrected chi connectivity index (χ4v) is 8.89. The molecule has 0 saturated carbocycles. The summed E-state index contributed by atoms with van der Waals surface area (Å²) in [6, 6.07) is 0. The Hall–Kier alpha value is -2.49. The van der Waals surface area contributed by atoms with E-state index in [9.17, 15) is 14.4 Å². The molecular formula is C59H120N5O4+3. The lowest BCUT2D eigenvalue weighted by molar-refractivity contribution is -0.929. The summed E-state index contributed by atoms with van der Waals surface area (Å²) in [5.74, 6) is -0.324. The third-order valence-corrected chi connectivity index (χ3v) is 13.3. The third-order valence-electron chi connectivity index (χ3n) is 13.3. The monoisotopic (exact) mass is 963 g/mol. The molecule has 0 aliphatic heterocycles. The Bertz CT molecular complexity index is 1170. The molecule has 68 heavy (non-hydrogen) atoms. The van der Waals surface area contributed by atoms with Crippen LogP contribution >= 0.6 is 0 Å². The number of carbonyl (C=O) groups excluding carboxylic acids is 3. The maximum absolute atomic E-state index is 11.8. The molecule has 0 rings (SSSR count). The quantitative estimate of drug-likeness (QED) is 0.0276. The molecule has 0 saturated heterocycles. The first kappa shape index (κ1) is 69.8. The van der Waals surface area contributed by atoms with E-state index in [-0.39, 0.29) is 17.8 Å². The van der Waals surface area contributed by atoms with Crippen molar-refractivity contribution in [2.45, 2.75) is 229 Å². The van der Waals surface area contributed by atoms with Gasteiger partial charge in [0.05, 0.1) is 86.7 Å². The van der Waals surface area contributed by atoms with Gasteiger partial charge in [-0.25, -0.2) is 4.79 Å². The highest BCUT2D eigenvalue weighted by Crippen LogP contribution is 2.20. The minimum Gasteiger partial charge on any atom is -0.462 e. The van der Waals surface area contributed by atoms with E-state index in [1.165, 1.54) is 215 Å². The van der Waals surface area contributed by atoms with E-state index in [2.05, 4.69) is 93.1 Å². The second-order valence-electron chi connectivity index (χ2n) is 21.4. The SMILES string of the molecule is C=C(C)C(=O)NCCC[N+](C)(C)C.C=C(C)C(=O)NCCC[N+](CCCCCC)(CCCCCC)CCCCCC.C=CC(=O)OCCC[N+](CCCCCC)(CCCCCC)CCCCCC. The minimum atomic E-state index is -0.290. The summed E-state index contributed by atoms with van der Waals surface area (Å²) in [5.41, 5.74) is 1.18. The highest BCUT2D eigenvalue weighted by molar-refractivity contribution is 5.92. The average Bonchev–Trinajstić information content (AvgIpc) is 3.31. The Labute approximate surface area is 424 Å². The van der Waals surface area contributed by atoms with E-state index in [0.29, 0.717) is 17.8 Å². The number of amides is 2. The molecule has 9 heteroatoms. The van der Waals surface area contributed by atoms with Gasteiger partial charge in [-0.05, 0) is 90.9 Å². The standard InChI is InChI=1S/C25H50N2O.C24H48NO2.C10H20N2O/c1-6-9-12-15-20-27(21-16-13-10-7-2,22-17-14-11-8-3)23-18-19-26-25(28)24(4)5;1-5-9-12-15-19-25(20-16-13-10-6-2,21-17-14-11-7-3)22-18-23-27-24(26)8-4;1-9(2)10(13)11-7-6-8-12(3,4)5/h4,6-23H2,1-3,5H3;8H,4-7,9-23H2,1-3H3;1,6-8H2,2-5H3/q;+1;/p+2. The predicted octanol–water partition coefficient (Wildman–Crippen LogP) is 14.1. The summed E-state index contributed by atoms with van der Waals surface area (Å²) in [4.78, 5) is 34.2. The van der Waals surface area contributed by atoms with Crippen LogP contribution in [0.1, 0.15) is 229 Å². The lowest BCUT2D eigenvalue weighted by Crippen LogP contribution is -2.51. The van der Waals surface area contributed by atoms with Gasteiger partial charge in [-0.3, -0.25) is 9.59 Å². The van der Waals surface area contributed by atoms with E-state index in [1.54, 1.807) is 13.8 Å². The van der Waals surface area contributed by atoms with Crippen LogP contribution in [0.5, 0.6) is 0 Å².